The van der Waals surface area contributed by atoms with E-state index in [1.54, 1.807) is 10.9 Å². The van der Waals surface area contributed by atoms with Gasteiger partial charge >= 0.3 is 0 Å². The predicted molar refractivity (Wildman–Crippen MR) is 106 cm³/mol. The number of hydrogen-bond acceptors (Lipinski definition) is 5. The number of piperazine rings is 1. The second-order valence-electron chi connectivity index (χ2n) is 6.55. The summed E-state index contributed by atoms with van der Waals surface area (Å²) in [7, 11) is 1.91. The van der Waals surface area contributed by atoms with Crippen LogP contribution in [0.25, 0.3) is 11.3 Å². The SMILES string of the molecule is Cn1cc(-c2cncc(N3CCN(Cc4ccc(Br)cc4)CC3)n2)cn1. The molecule has 0 bridgehead atoms. The fourth-order valence-corrected chi connectivity index (χ4v) is 3.45. The van der Waals surface area contributed by atoms with E-state index in [9.17, 15) is 0 Å². The number of aryl methyl sites for hydroxylation is 1. The molecule has 0 unspecified atom stereocenters. The van der Waals surface area contributed by atoms with Gasteiger partial charge in [0.15, 0.2) is 0 Å². The smallest absolute Gasteiger partial charge is 0.147 e. The molecule has 2 aromatic heterocycles. The maximum absolute atomic E-state index is 4.79. The molecule has 7 heteroatoms. The molecule has 6 nitrogen and oxygen atoms in total. The van der Waals surface area contributed by atoms with Crippen LogP contribution in [0.3, 0.4) is 0 Å². The van der Waals surface area contributed by atoms with Gasteiger partial charge in [-0.1, -0.05) is 28.1 Å². The molecule has 0 atom stereocenters. The number of benzene rings is 1. The van der Waals surface area contributed by atoms with Crippen LogP contribution in [-0.4, -0.2) is 50.8 Å². The van der Waals surface area contributed by atoms with Gasteiger partial charge in [-0.2, -0.15) is 5.10 Å². The van der Waals surface area contributed by atoms with Crippen molar-refractivity contribution in [2.45, 2.75) is 6.54 Å². The van der Waals surface area contributed by atoms with Crippen LogP contribution in [0.1, 0.15) is 5.56 Å². The molecular formula is C19H21BrN6. The van der Waals surface area contributed by atoms with Gasteiger partial charge in [0.25, 0.3) is 0 Å². The Balaban J connectivity index is 1.39. The maximum Gasteiger partial charge on any atom is 0.147 e. The minimum atomic E-state index is 0.868. The number of aromatic nitrogens is 4. The molecule has 3 heterocycles. The van der Waals surface area contributed by atoms with Gasteiger partial charge in [-0.25, -0.2) is 4.98 Å². The predicted octanol–water partition coefficient (Wildman–Crippen LogP) is 2.96. The minimum absolute atomic E-state index is 0.868. The lowest BCUT2D eigenvalue weighted by molar-refractivity contribution is 0.249. The molecule has 1 aliphatic rings. The first-order valence-electron chi connectivity index (χ1n) is 8.70. The summed E-state index contributed by atoms with van der Waals surface area (Å²) in [6, 6.07) is 8.56. The van der Waals surface area contributed by atoms with E-state index in [0.29, 0.717) is 0 Å². The van der Waals surface area contributed by atoms with Gasteiger partial charge in [0.1, 0.15) is 5.82 Å². The third-order valence-corrected chi connectivity index (χ3v) is 5.17. The molecule has 0 aliphatic carbocycles. The van der Waals surface area contributed by atoms with Gasteiger partial charge in [-0.15, -0.1) is 0 Å². The fourth-order valence-electron chi connectivity index (χ4n) is 3.18. The van der Waals surface area contributed by atoms with E-state index >= 15 is 0 Å². The van der Waals surface area contributed by atoms with Gasteiger partial charge in [-0.05, 0) is 17.7 Å². The summed E-state index contributed by atoms with van der Waals surface area (Å²) in [6.45, 7) is 4.95. The highest BCUT2D eigenvalue weighted by Crippen LogP contribution is 2.20. The van der Waals surface area contributed by atoms with E-state index in [1.807, 2.05) is 25.6 Å². The molecule has 1 aromatic carbocycles. The van der Waals surface area contributed by atoms with Crippen molar-refractivity contribution in [1.82, 2.24) is 24.6 Å². The molecule has 3 aromatic rings. The van der Waals surface area contributed by atoms with Crippen LogP contribution in [-0.2, 0) is 13.6 Å². The summed E-state index contributed by atoms with van der Waals surface area (Å²) in [6.07, 6.45) is 7.43. The number of rotatable bonds is 4. The Labute approximate surface area is 161 Å². The topological polar surface area (TPSA) is 50.1 Å². The molecule has 0 saturated carbocycles. The molecule has 1 saturated heterocycles. The van der Waals surface area contributed by atoms with Crippen LogP contribution in [0, 0.1) is 0 Å². The molecule has 1 aliphatic heterocycles. The van der Waals surface area contributed by atoms with E-state index < -0.39 is 0 Å². The largest absolute Gasteiger partial charge is 0.353 e. The van der Waals surface area contributed by atoms with Crippen molar-refractivity contribution in [3.05, 3.63) is 59.1 Å². The Morgan fingerprint density at radius 2 is 1.77 bits per heavy atom. The van der Waals surface area contributed by atoms with Crippen molar-refractivity contribution in [3.8, 4) is 11.3 Å². The van der Waals surface area contributed by atoms with Gasteiger partial charge in [0.05, 0.1) is 24.3 Å². The summed E-state index contributed by atoms with van der Waals surface area (Å²) in [5, 5.41) is 4.22. The van der Waals surface area contributed by atoms with E-state index in [4.69, 9.17) is 4.98 Å². The van der Waals surface area contributed by atoms with Gasteiger partial charge in [-0.3, -0.25) is 14.6 Å². The third kappa shape index (κ3) is 3.94. The van der Waals surface area contributed by atoms with Crippen LogP contribution >= 0.6 is 15.9 Å². The van der Waals surface area contributed by atoms with Crippen molar-refractivity contribution in [3.63, 3.8) is 0 Å². The zero-order chi connectivity index (χ0) is 17.9. The van der Waals surface area contributed by atoms with Crippen molar-refractivity contribution in [1.29, 1.82) is 0 Å². The molecule has 0 N–H and O–H groups in total. The third-order valence-electron chi connectivity index (χ3n) is 4.64. The number of nitrogens with zero attached hydrogens (tertiary/aromatic N) is 6. The second-order valence-corrected chi connectivity index (χ2v) is 7.47. The van der Waals surface area contributed by atoms with Crippen LogP contribution in [0.4, 0.5) is 5.82 Å². The number of halogens is 1. The lowest BCUT2D eigenvalue weighted by Gasteiger charge is -2.35. The molecule has 0 radical (unpaired) electrons. The van der Waals surface area contributed by atoms with Crippen LogP contribution in [0.15, 0.2) is 53.5 Å². The van der Waals surface area contributed by atoms with Crippen molar-refractivity contribution in [2.75, 3.05) is 31.1 Å². The first-order valence-corrected chi connectivity index (χ1v) is 9.49. The summed E-state index contributed by atoms with van der Waals surface area (Å²) >= 11 is 3.49. The molecule has 0 amide bonds. The second kappa shape index (κ2) is 7.55. The van der Waals surface area contributed by atoms with Crippen molar-refractivity contribution < 1.29 is 0 Å². The van der Waals surface area contributed by atoms with Crippen molar-refractivity contribution >= 4 is 21.7 Å². The molecule has 1 fully saturated rings. The highest BCUT2D eigenvalue weighted by molar-refractivity contribution is 9.10. The summed E-state index contributed by atoms with van der Waals surface area (Å²) in [5.41, 5.74) is 3.21. The molecule has 0 spiro atoms. The van der Waals surface area contributed by atoms with Gasteiger partial charge in [0, 0.05) is 56.0 Å². The van der Waals surface area contributed by atoms with Crippen LogP contribution < -0.4 is 4.90 Å². The quantitative estimate of drug-likeness (QED) is 0.659. The lowest BCUT2D eigenvalue weighted by atomic mass is 10.2. The molecule has 26 heavy (non-hydrogen) atoms. The number of hydrogen-bond donors (Lipinski definition) is 0. The zero-order valence-corrected chi connectivity index (χ0v) is 16.3. The van der Waals surface area contributed by atoms with Crippen LogP contribution in [0.5, 0.6) is 0 Å². The van der Waals surface area contributed by atoms with Crippen molar-refractivity contribution in [2.24, 2.45) is 7.05 Å². The standard InChI is InChI=1S/C19H21BrN6/c1-24-14-16(10-22-24)18-11-21-12-19(23-18)26-8-6-25(7-9-26)13-15-2-4-17(20)5-3-15/h2-5,10-12,14H,6-9,13H2,1H3. The van der Waals surface area contributed by atoms with Gasteiger partial charge in [0.2, 0.25) is 0 Å². The van der Waals surface area contributed by atoms with E-state index in [-0.39, 0.29) is 0 Å². The summed E-state index contributed by atoms with van der Waals surface area (Å²) < 4.78 is 2.91. The van der Waals surface area contributed by atoms with E-state index in [2.05, 4.69) is 60.1 Å². The average molecular weight is 413 g/mol. The minimum Gasteiger partial charge on any atom is -0.353 e. The monoisotopic (exact) mass is 412 g/mol. The first kappa shape index (κ1) is 17.2. The lowest BCUT2D eigenvalue weighted by Crippen LogP contribution is -2.46. The highest BCUT2D eigenvalue weighted by atomic mass is 79.9. The summed E-state index contributed by atoms with van der Waals surface area (Å²) in [5.74, 6) is 0.939. The first-order chi connectivity index (χ1) is 12.7. The Bertz CT molecular complexity index is 868. The van der Waals surface area contributed by atoms with E-state index in [0.717, 1.165) is 54.3 Å². The molecular weight excluding hydrogens is 392 g/mol. The Hall–Kier alpha value is -2.25. The highest BCUT2D eigenvalue weighted by Gasteiger charge is 2.19. The maximum atomic E-state index is 4.79. The Morgan fingerprint density at radius 1 is 1.00 bits per heavy atom. The normalized spacial score (nSPS) is 15.4. The zero-order valence-electron chi connectivity index (χ0n) is 14.7. The fraction of sp³-hybridized carbons (Fsp3) is 0.316. The summed E-state index contributed by atoms with van der Waals surface area (Å²) in [4.78, 5) is 14.0. The number of anilines is 1. The molecule has 134 valence electrons. The van der Waals surface area contributed by atoms with E-state index in [1.165, 1.54) is 5.56 Å². The average Bonchev–Trinajstić information content (AvgIpc) is 3.11. The Kier molecular flexibility index (Phi) is 4.99. The van der Waals surface area contributed by atoms with Crippen LogP contribution in [0.2, 0.25) is 0 Å². The molecule has 4 rings (SSSR count). The Morgan fingerprint density at radius 3 is 2.46 bits per heavy atom. The van der Waals surface area contributed by atoms with Gasteiger partial charge < -0.3 is 4.90 Å².